The van der Waals surface area contributed by atoms with Gasteiger partial charge in [0.1, 0.15) is 11.9 Å². The molecule has 2 aromatic carbocycles. The van der Waals surface area contributed by atoms with E-state index < -0.39 is 45.5 Å². The number of amides is 1. The molecule has 0 radical (unpaired) electrons. The number of halogens is 6. The van der Waals surface area contributed by atoms with Crippen molar-refractivity contribution in [2.45, 2.75) is 70.8 Å². The number of nitrogens with one attached hydrogen (secondary N) is 1. The zero-order valence-electron chi connectivity index (χ0n) is 24.1. The molecule has 1 aliphatic heterocycles. The average Bonchev–Trinajstić information content (AvgIpc) is 3.15. The molecule has 1 aliphatic carbocycles. The predicted molar refractivity (Wildman–Crippen MR) is 148 cm³/mol. The van der Waals surface area contributed by atoms with Crippen molar-refractivity contribution < 1.29 is 49.0 Å². The van der Waals surface area contributed by atoms with Crippen molar-refractivity contribution in [3.05, 3.63) is 64.2 Å². The molecule has 236 valence electrons. The summed E-state index contributed by atoms with van der Waals surface area (Å²) in [6.07, 6.45) is -4.67. The van der Waals surface area contributed by atoms with Crippen molar-refractivity contribution in [3.8, 4) is 5.75 Å². The normalized spacial score (nSPS) is 21.2. The van der Waals surface area contributed by atoms with Gasteiger partial charge in [-0.2, -0.15) is 34.8 Å². The van der Waals surface area contributed by atoms with E-state index >= 15 is 0 Å². The Morgan fingerprint density at radius 2 is 1.77 bits per heavy atom. The first-order chi connectivity index (χ1) is 19.7. The zero-order valence-corrected chi connectivity index (χ0v) is 24.9. The fourth-order valence-electron chi connectivity index (χ4n) is 5.62. The van der Waals surface area contributed by atoms with Crippen LogP contribution < -0.4 is 9.46 Å². The zero-order chi connectivity index (χ0) is 32.1. The minimum absolute atomic E-state index is 0.0366. The molecule has 0 saturated carbocycles. The molecule has 1 saturated heterocycles. The summed E-state index contributed by atoms with van der Waals surface area (Å²) in [5, 5.41) is 0. The molecule has 2 atom stereocenters. The molecule has 7 nitrogen and oxygen atoms in total. The second-order valence-corrected chi connectivity index (χ2v) is 13.4. The maximum absolute atomic E-state index is 13.5. The smallest absolute Gasteiger partial charge is 0.496 e. The Hall–Kier alpha value is -3.42. The van der Waals surface area contributed by atoms with Crippen molar-refractivity contribution in [2.24, 2.45) is 5.41 Å². The fourth-order valence-corrected chi connectivity index (χ4v) is 6.17. The third-order valence-corrected chi connectivity index (χ3v) is 8.87. The van der Waals surface area contributed by atoms with Gasteiger partial charge >= 0.3 is 27.8 Å². The highest BCUT2D eigenvalue weighted by molar-refractivity contribution is 7.93. The van der Waals surface area contributed by atoms with Gasteiger partial charge in [-0.3, -0.25) is 9.62 Å². The Bertz CT molecular complexity index is 1550. The molecule has 1 N–H and O–H groups in total. The van der Waals surface area contributed by atoms with Crippen molar-refractivity contribution in [2.75, 3.05) is 18.4 Å². The Kier molecular flexibility index (Phi) is 8.50. The summed E-state index contributed by atoms with van der Waals surface area (Å²) in [6, 6.07) is 6.64. The topological polar surface area (TPSA) is 84.9 Å². The van der Waals surface area contributed by atoms with Gasteiger partial charge in [0.25, 0.3) is 0 Å². The predicted octanol–water partition coefficient (Wildman–Crippen LogP) is 7.83. The SMILES string of the molecule is COc1ccc(NS(=O)(=O)C(F)(F)F)cc1C1=C(CN2C(=O)O[C@H](c3cc(C)cc(C(F)(F)F)c3)[C@@H]2C)CC(C)(C)CC1. The van der Waals surface area contributed by atoms with Gasteiger partial charge in [0.05, 0.1) is 18.7 Å². The fraction of sp³-hybridized carbons (Fsp3) is 0.483. The number of aryl methyl sites for hydroxylation is 1. The van der Waals surface area contributed by atoms with E-state index in [0.29, 0.717) is 36.0 Å². The van der Waals surface area contributed by atoms with Crippen LogP contribution in [-0.2, 0) is 20.9 Å². The molecule has 1 fully saturated rings. The van der Waals surface area contributed by atoms with Gasteiger partial charge in [-0.25, -0.2) is 4.79 Å². The highest BCUT2D eigenvalue weighted by Crippen LogP contribution is 2.46. The lowest BCUT2D eigenvalue weighted by molar-refractivity contribution is -0.137. The number of sulfonamides is 1. The summed E-state index contributed by atoms with van der Waals surface area (Å²) in [5.41, 5.74) is -4.56. The Morgan fingerprint density at radius 3 is 2.37 bits per heavy atom. The number of nitrogens with zero attached hydrogens (tertiary/aromatic N) is 1. The first kappa shape index (κ1) is 32.5. The van der Waals surface area contributed by atoms with E-state index in [-0.39, 0.29) is 29.0 Å². The van der Waals surface area contributed by atoms with Crippen LogP contribution in [0.25, 0.3) is 5.57 Å². The standard InChI is InChI=1S/C29H32F6N2O5S/c1-16-10-18(12-20(11-16)28(30,31)32)25-17(2)37(26(38)42-25)15-19-14-27(3,4)9-8-22(19)23-13-21(6-7-24(23)41-5)36-43(39,40)29(33,34)35/h6-7,10-13,17,25,36H,8-9,14-15H2,1-5H3/t17-,25-/m0/s1. The summed E-state index contributed by atoms with van der Waals surface area (Å²) in [6.45, 7) is 7.28. The van der Waals surface area contributed by atoms with Crippen molar-refractivity contribution in [1.82, 2.24) is 4.90 Å². The quantitative estimate of drug-likeness (QED) is 0.314. The molecule has 1 heterocycles. The number of cyclic esters (lactones) is 1. The van der Waals surface area contributed by atoms with Gasteiger partial charge < -0.3 is 9.47 Å². The number of benzene rings is 2. The number of carbonyl (C=O) groups excluding carboxylic acids is 1. The van der Waals surface area contributed by atoms with Crippen molar-refractivity contribution in [1.29, 1.82) is 0 Å². The number of allylic oxidation sites excluding steroid dienone is 1. The van der Waals surface area contributed by atoms with Gasteiger partial charge in [-0.1, -0.05) is 25.5 Å². The van der Waals surface area contributed by atoms with Gasteiger partial charge in [-0.05, 0) is 85.6 Å². The third-order valence-electron chi connectivity index (χ3n) is 7.76. The van der Waals surface area contributed by atoms with Gasteiger partial charge in [0.15, 0.2) is 0 Å². The molecule has 4 rings (SSSR count). The van der Waals surface area contributed by atoms with Crippen LogP contribution in [-0.4, -0.2) is 44.6 Å². The number of carbonyl (C=O) groups is 1. The maximum atomic E-state index is 13.5. The summed E-state index contributed by atoms with van der Waals surface area (Å²) in [4.78, 5) is 14.5. The monoisotopic (exact) mass is 634 g/mol. The molecule has 0 spiro atoms. The van der Waals surface area contributed by atoms with E-state index in [1.807, 2.05) is 13.8 Å². The van der Waals surface area contributed by atoms with Crippen LogP contribution in [0, 0.1) is 12.3 Å². The van der Waals surface area contributed by atoms with Gasteiger partial charge in [-0.15, -0.1) is 0 Å². The van der Waals surface area contributed by atoms with E-state index in [4.69, 9.17) is 9.47 Å². The third kappa shape index (κ3) is 6.89. The lowest BCUT2D eigenvalue weighted by Crippen LogP contribution is -2.35. The summed E-state index contributed by atoms with van der Waals surface area (Å²) >= 11 is 0. The van der Waals surface area contributed by atoms with Crippen molar-refractivity contribution >= 4 is 27.4 Å². The van der Waals surface area contributed by atoms with E-state index in [1.54, 1.807) is 17.7 Å². The van der Waals surface area contributed by atoms with Crippen LogP contribution >= 0.6 is 0 Å². The molecular weight excluding hydrogens is 602 g/mol. The molecule has 0 unspecified atom stereocenters. The van der Waals surface area contributed by atoms with E-state index in [1.165, 1.54) is 31.1 Å². The van der Waals surface area contributed by atoms with Crippen LogP contribution in [0.3, 0.4) is 0 Å². The summed E-state index contributed by atoms with van der Waals surface area (Å²) in [7, 11) is -4.31. The Morgan fingerprint density at radius 1 is 1.09 bits per heavy atom. The number of hydrogen-bond acceptors (Lipinski definition) is 5. The number of hydrogen-bond donors (Lipinski definition) is 1. The lowest BCUT2D eigenvalue weighted by atomic mass is 9.72. The highest BCUT2D eigenvalue weighted by atomic mass is 32.2. The molecule has 43 heavy (non-hydrogen) atoms. The minimum atomic E-state index is -5.68. The molecule has 14 heteroatoms. The van der Waals surface area contributed by atoms with E-state index in [9.17, 15) is 39.6 Å². The minimum Gasteiger partial charge on any atom is -0.496 e. The molecule has 1 amide bonds. The number of rotatable bonds is 7. The van der Waals surface area contributed by atoms with Crippen LogP contribution in [0.15, 0.2) is 42.0 Å². The van der Waals surface area contributed by atoms with E-state index in [0.717, 1.165) is 23.8 Å². The van der Waals surface area contributed by atoms with Gasteiger partial charge in [0, 0.05) is 17.8 Å². The molecule has 2 aromatic rings. The first-order valence-corrected chi connectivity index (χ1v) is 14.9. The Balaban J connectivity index is 1.73. The van der Waals surface area contributed by atoms with Crippen LogP contribution in [0.1, 0.15) is 68.4 Å². The number of ether oxygens (including phenoxy) is 2. The highest BCUT2D eigenvalue weighted by Gasteiger charge is 2.46. The van der Waals surface area contributed by atoms with Crippen LogP contribution in [0.2, 0.25) is 0 Å². The lowest BCUT2D eigenvalue weighted by Gasteiger charge is -2.36. The van der Waals surface area contributed by atoms with Crippen LogP contribution in [0.4, 0.5) is 36.8 Å². The summed E-state index contributed by atoms with van der Waals surface area (Å²) in [5.74, 6) is 0.288. The second kappa shape index (κ2) is 11.3. The summed E-state index contributed by atoms with van der Waals surface area (Å²) < 4.78 is 116. The molecule has 2 aliphatic rings. The average molecular weight is 635 g/mol. The number of methoxy groups -OCH3 is 1. The molecular formula is C29H32F6N2O5S. The number of alkyl halides is 6. The molecule has 0 aromatic heterocycles. The first-order valence-electron chi connectivity index (χ1n) is 13.4. The molecule has 0 bridgehead atoms. The van der Waals surface area contributed by atoms with Crippen LogP contribution in [0.5, 0.6) is 5.75 Å². The second-order valence-electron chi connectivity index (χ2n) is 11.7. The van der Waals surface area contributed by atoms with E-state index in [2.05, 4.69) is 0 Å². The maximum Gasteiger partial charge on any atom is 0.516 e. The van der Waals surface area contributed by atoms with Gasteiger partial charge in [0.2, 0.25) is 0 Å². The Labute approximate surface area is 245 Å². The van der Waals surface area contributed by atoms with Crippen molar-refractivity contribution in [3.63, 3.8) is 0 Å². The largest absolute Gasteiger partial charge is 0.516 e. The number of anilines is 1.